The molecule has 5 rings (SSSR count). The number of anilines is 1. The van der Waals surface area contributed by atoms with E-state index in [1.54, 1.807) is 36.0 Å². The summed E-state index contributed by atoms with van der Waals surface area (Å²) in [5, 5.41) is 11.5. The van der Waals surface area contributed by atoms with Gasteiger partial charge in [-0.25, -0.2) is 22.8 Å². The highest BCUT2D eigenvalue weighted by Crippen LogP contribution is 2.21. The van der Waals surface area contributed by atoms with Crippen molar-refractivity contribution in [1.29, 1.82) is 0 Å². The van der Waals surface area contributed by atoms with Gasteiger partial charge in [-0.05, 0) is 30.7 Å². The van der Waals surface area contributed by atoms with Crippen LogP contribution < -0.4 is 11.0 Å². The largest absolute Gasteiger partial charge is 0.350 e. The van der Waals surface area contributed by atoms with Crippen LogP contribution in [0.1, 0.15) is 5.56 Å². The van der Waals surface area contributed by atoms with Gasteiger partial charge in [0.2, 0.25) is 5.91 Å². The van der Waals surface area contributed by atoms with Crippen molar-refractivity contribution in [2.24, 2.45) is 0 Å². The van der Waals surface area contributed by atoms with Crippen molar-refractivity contribution in [3.63, 3.8) is 0 Å². The predicted octanol–water partition coefficient (Wildman–Crippen LogP) is 2.90. The molecule has 0 radical (unpaired) electrons. The molecule has 3 aromatic heterocycles. The van der Waals surface area contributed by atoms with Crippen LogP contribution in [0.5, 0.6) is 0 Å². The first kappa shape index (κ1) is 18.7. The van der Waals surface area contributed by atoms with Crippen molar-refractivity contribution in [3.8, 4) is 11.3 Å². The molecule has 0 atom stereocenters. The number of halogens is 1. The van der Waals surface area contributed by atoms with E-state index in [0.717, 1.165) is 15.9 Å². The number of hydrogen-bond acceptors (Lipinski definition) is 4. The summed E-state index contributed by atoms with van der Waals surface area (Å²) in [5.74, 6) is -0.900. The van der Waals surface area contributed by atoms with Gasteiger partial charge in [-0.3, -0.25) is 4.79 Å². The minimum Gasteiger partial charge on any atom is -0.324 e. The van der Waals surface area contributed by atoms with Crippen LogP contribution in [0.3, 0.4) is 0 Å². The summed E-state index contributed by atoms with van der Waals surface area (Å²) in [6.45, 7) is 1.33. The Morgan fingerprint density at radius 3 is 2.65 bits per heavy atom. The zero-order valence-corrected chi connectivity index (χ0v) is 16.5. The fourth-order valence-electron chi connectivity index (χ4n) is 3.39. The molecule has 8 nitrogen and oxygen atoms in total. The Morgan fingerprint density at radius 2 is 1.87 bits per heavy atom. The molecular formula is C22H17FN6O2. The van der Waals surface area contributed by atoms with Crippen LogP contribution in [-0.4, -0.2) is 29.7 Å². The monoisotopic (exact) mass is 416 g/mol. The molecule has 5 aromatic rings. The molecule has 0 saturated heterocycles. The molecule has 2 aromatic carbocycles. The Hall–Kier alpha value is -4.27. The minimum atomic E-state index is -0.483. The second kappa shape index (κ2) is 7.21. The lowest BCUT2D eigenvalue weighted by Gasteiger charge is -2.05. The fourth-order valence-corrected chi connectivity index (χ4v) is 3.39. The van der Waals surface area contributed by atoms with E-state index in [9.17, 15) is 14.0 Å². The molecule has 1 amide bonds. The van der Waals surface area contributed by atoms with E-state index < -0.39 is 17.4 Å². The van der Waals surface area contributed by atoms with Gasteiger partial charge in [0, 0.05) is 23.6 Å². The first-order chi connectivity index (χ1) is 15.0. The molecule has 0 unspecified atom stereocenters. The summed E-state index contributed by atoms with van der Waals surface area (Å²) in [4.78, 5) is 25.1. The standard InChI is InChI=1S/C22H17FN6O2/c1-14-7-8-16(11-17(14)23)24-20(30)13-29-22(31)27-9-10-28-19(21(27)26-29)12-18(25-28)15-5-3-2-4-6-15/h2-12H,13H2,1H3,(H,24,30). The number of hydrogen-bond donors (Lipinski definition) is 1. The Kier molecular flexibility index (Phi) is 4.36. The highest BCUT2D eigenvalue weighted by Gasteiger charge is 2.15. The highest BCUT2D eigenvalue weighted by molar-refractivity contribution is 5.90. The van der Waals surface area contributed by atoms with Crippen molar-refractivity contribution < 1.29 is 9.18 Å². The van der Waals surface area contributed by atoms with E-state index in [1.165, 1.54) is 10.5 Å². The van der Waals surface area contributed by atoms with E-state index in [4.69, 9.17) is 0 Å². The number of amides is 1. The number of benzene rings is 2. The molecule has 1 N–H and O–H groups in total. The van der Waals surface area contributed by atoms with Crippen LogP contribution in [0, 0.1) is 12.7 Å². The highest BCUT2D eigenvalue weighted by atomic mass is 19.1. The zero-order valence-electron chi connectivity index (χ0n) is 16.5. The molecule has 0 saturated carbocycles. The number of nitrogens with zero attached hydrogens (tertiary/aromatic N) is 5. The lowest BCUT2D eigenvalue weighted by Crippen LogP contribution is -2.28. The maximum absolute atomic E-state index is 13.7. The Labute approximate surface area is 175 Å². The Morgan fingerprint density at radius 1 is 1.06 bits per heavy atom. The summed E-state index contributed by atoms with van der Waals surface area (Å²) in [7, 11) is 0. The van der Waals surface area contributed by atoms with Crippen LogP contribution >= 0.6 is 0 Å². The van der Waals surface area contributed by atoms with Gasteiger partial charge >= 0.3 is 5.69 Å². The lowest BCUT2D eigenvalue weighted by molar-refractivity contribution is -0.117. The molecule has 0 aliphatic heterocycles. The number of aromatic nitrogens is 5. The van der Waals surface area contributed by atoms with E-state index in [-0.39, 0.29) is 6.54 Å². The van der Waals surface area contributed by atoms with Gasteiger partial charge in [-0.1, -0.05) is 36.4 Å². The van der Waals surface area contributed by atoms with Crippen LogP contribution in [0.4, 0.5) is 10.1 Å². The third-order valence-corrected chi connectivity index (χ3v) is 5.01. The van der Waals surface area contributed by atoms with Gasteiger partial charge in [0.1, 0.15) is 17.9 Å². The quantitative estimate of drug-likeness (QED) is 0.488. The average molecular weight is 416 g/mol. The Balaban J connectivity index is 1.48. The summed E-state index contributed by atoms with van der Waals surface area (Å²) < 4.78 is 17.8. The maximum Gasteiger partial charge on any atom is 0.350 e. The first-order valence-electron chi connectivity index (χ1n) is 9.58. The maximum atomic E-state index is 13.7. The predicted molar refractivity (Wildman–Crippen MR) is 113 cm³/mol. The summed E-state index contributed by atoms with van der Waals surface area (Å²) in [6.07, 6.45) is 3.22. The van der Waals surface area contributed by atoms with Crippen molar-refractivity contribution >= 4 is 22.8 Å². The van der Waals surface area contributed by atoms with Crippen LogP contribution in [0.15, 0.2) is 71.8 Å². The van der Waals surface area contributed by atoms with Gasteiger partial charge in [0.25, 0.3) is 0 Å². The third-order valence-electron chi connectivity index (χ3n) is 5.01. The van der Waals surface area contributed by atoms with Crippen LogP contribution in [0.25, 0.3) is 22.4 Å². The van der Waals surface area contributed by atoms with Gasteiger partial charge in [-0.2, -0.15) is 5.10 Å². The second-order valence-electron chi connectivity index (χ2n) is 7.17. The number of aryl methyl sites for hydroxylation is 1. The number of carbonyl (C=O) groups excluding carboxylic acids is 1. The smallest absolute Gasteiger partial charge is 0.324 e. The molecule has 0 bridgehead atoms. The number of nitrogens with one attached hydrogen (secondary N) is 1. The van der Waals surface area contributed by atoms with E-state index in [0.29, 0.717) is 22.4 Å². The molecule has 0 aliphatic rings. The molecule has 0 aliphatic carbocycles. The van der Waals surface area contributed by atoms with Crippen molar-refractivity contribution in [2.45, 2.75) is 13.5 Å². The topological polar surface area (TPSA) is 85.7 Å². The van der Waals surface area contributed by atoms with Crippen molar-refractivity contribution in [1.82, 2.24) is 23.8 Å². The van der Waals surface area contributed by atoms with Gasteiger partial charge in [0.15, 0.2) is 5.65 Å². The second-order valence-corrected chi connectivity index (χ2v) is 7.17. The Bertz CT molecular complexity index is 1500. The molecule has 9 heteroatoms. The summed E-state index contributed by atoms with van der Waals surface area (Å²) in [6, 6.07) is 15.9. The first-order valence-corrected chi connectivity index (χ1v) is 9.58. The molecule has 154 valence electrons. The van der Waals surface area contributed by atoms with Crippen molar-refractivity contribution in [2.75, 3.05) is 5.32 Å². The molecular weight excluding hydrogens is 399 g/mol. The summed E-state index contributed by atoms with van der Waals surface area (Å²) in [5.41, 5.74) is 3.05. The molecule has 0 spiro atoms. The zero-order chi connectivity index (χ0) is 21.5. The van der Waals surface area contributed by atoms with Crippen LogP contribution in [0.2, 0.25) is 0 Å². The average Bonchev–Trinajstić information content (AvgIpc) is 3.33. The van der Waals surface area contributed by atoms with Crippen LogP contribution in [-0.2, 0) is 11.3 Å². The molecule has 3 heterocycles. The number of fused-ring (bicyclic) bond motifs is 3. The molecule has 31 heavy (non-hydrogen) atoms. The molecule has 0 fully saturated rings. The summed E-state index contributed by atoms with van der Waals surface area (Å²) >= 11 is 0. The fraction of sp³-hybridized carbons (Fsp3) is 0.0909. The van der Waals surface area contributed by atoms with Gasteiger partial charge in [0.05, 0.1) is 5.69 Å². The lowest BCUT2D eigenvalue weighted by atomic mass is 10.1. The van der Waals surface area contributed by atoms with Gasteiger partial charge in [-0.15, -0.1) is 5.10 Å². The minimum absolute atomic E-state index is 0.304. The van der Waals surface area contributed by atoms with E-state index >= 15 is 0 Å². The number of carbonyl (C=O) groups is 1. The third kappa shape index (κ3) is 3.35. The SMILES string of the molecule is Cc1ccc(NC(=O)Cn2nc3c4cc(-c5ccccc5)nn4ccn3c2=O)cc1F. The number of rotatable bonds is 4. The van der Waals surface area contributed by atoms with E-state index in [2.05, 4.69) is 15.5 Å². The van der Waals surface area contributed by atoms with E-state index in [1.807, 2.05) is 36.4 Å². The van der Waals surface area contributed by atoms with Crippen molar-refractivity contribution in [3.05, 3.63) is 88.9 Å². The normalized spacial score (nSPS) is 11.3. The van der Waals surface area contributed by atoms with Gasteiger partial charge < -0.3 is 5.32 Å².